The summed E-state index contributed by atoms with van der Waals surface area (Å²) in [6, 6.07) is 0. The minimum atomic E-state index is 0.247. The van der Waals surface area contributed by atoms with Crippen molar-refractivity contribution in [3.8, 4) is 0 Å². The monoisotopic (exact) mass is 354 g/mol. The predicted octanol–water partition coefficient (Wildman–Crippen LogP) is 1.89. The first-order valence-electron chi connectivity index (χ1n) is 9.67. The van der Waals surface area contributed by atoms with Gasteiger partial charge < -0.3 is 15.0 Å². The first-order valence-corrected chi connectivity index (χ1v) is 10.8. The fraction of sp³-hybridized carbons (Fsp3) is 0.944. The Balaban J connectivity index is 1.70. The highest BCUT2D eigenvalue weighted by Crippen LogP contribution is 2.34. The fourth-order valence-corrected chi connectivity index (χ4v) is 5.60. The third-order valence-corrected chi connectivity index (χ3v) is 6.81. The van der Waals surface area contributed by atoms with Crippen molar-refractivity contribution < 1.29 is 4.74 Å². The largest absolute Gasteiger partial charge is 0.379 e. The van der Waals surface area contributed by atoms with Crippen molar-refractivity contribution in [1.82, 2.24) is 15.1 Å². The molecule has 3 fully saturated rings. The maximum Gasteiger partial charge on any atom is 0.193 e. The average molecular weight is 355 g/mol. The van der Waals surface area contributed by atoms with Crippen molar-refractivity contribution in [3.63, 3.8) is 0 Å². The van der Waals surface area contributed by atoms with Gasteiger partial charge in [-0.1, -0.05) is 6.92 Å². The lowest BCUT2D eigenvalue weighted by Gasteiger charge is -2.42. The SMILES string of the molecule is CCNC(=NCC1(N2CCOCC2)CCSC1)N1CCCC(C)C1. The number of rotatable bonds is 4. The van der Waals surface area contributed by atoms with E-state index in [4.69, 9.17) is 9.73 Å². The Labute approximate surface area is 151 Å². The molecule has 0 amide bonds. The number of piperidine rings is 1. The molecule has 3 heterocycles. The van der Waals surface area contributed by atoms with Gasteiger partial charge >= 0.3 is 0 Å². The highest BCUT2D eigenvalue weighted by Gasteiger charge is 2.40. The van der Waals surface area contributed by atoms with Gasteiger partial charge in [0.15, 0.2) is 5.96 Å². The van der Waals surface area contributed by atoms with Gasteiger partial charge in [0.2, 0.25) is 0 Å². The molecule has 3 rings (SSSR count). The summed E-state index contributed by atoms with van der Waals surface area (Å²) in [6.07, 6.45) is 3.90. The van der Waals surface area contributed by atoms with Crippen LogP contribution in [0.5, 0.6) is 0 Å². The number of guanidine groups is 1. The second kappa shape index (κ2) is 8.77. The first kappa shape index (κ1) is 18.3. The molecule has 0 bridgehead atoms. The lowest BCUT2D eigenvalue weighted by molar-refractivity contribution is -0.0105. The van der Waals surface area contributed by atoms with Crippen molar-refractivity contribution in [2.45, 2.75) is 38.6 Å². The van der Waals surface area contributed by atoms with Gasteiger partial charge in [-0.3, -0.25) is 9.89 Å². The maximum atomic E-state index is 5.57. The molecule has 24 heavy (non-hydrogen) atoms. The molecule has 2 unspecified atom stereocenters. The van der Waals surface area contributed by atoms with E-state index in [1.165, 1.54) is 30.8 Å². The van der Waals surface area contributed by atoms with Crippen LogP contribution in [-0.4, -0.2) is 85.3 Å². The molecule has 0 aromatic heterocycles. The van der Waals surface area contributed by atoms with Crippen LogP contribution in [0.15, 0.2) is 4.99 Å². The first-order chi connectivity index (χ1) is 11.7. The standard InChI is InChI=1S/C18H34N4OS/c1-3-19-17(21-7-4-5-16(2)13-21)20-14-18(6-12-24-15-18)22-8-10-23-11-9-22/h16H,3-15H2,1-2H3,(H,19,20). The van der Waals surface area contributed by atoms with E-state index in [1.807, 2.05) is 0 Å². The van der Waals surface area contributed by atoms with Gasteiger partial charge in [-0.25, -0.2) is 0 Å². The Kier molecular flexibility index (Phi) is 6.70. The molecule has 5 nitrogen and oxygen atoms in total. The Morgan fingerprint density at radius 1 is 1.33 bits per heavy atom. The smallest absolute Gasteiger partial charge is 0.193 e. The van der Waals surface area contributed by atoms with Crippen molar-refractivity contribution in [1.29, 1.82) is 0 Å². The molecule has 0 aliphatic carbocycles. The van der Waals surface area contributed by atoms with Gasteiger partial charge in [0.25, 0.3) is 0 Å². The van der Waals surface area contributed by atoms with E-state index >= 15 is 0 Å². The summed E-state index contributed by atoms with van der Waals surface area (Å²) in [5.74, 6) is 4.39. The molecule has 3 aliphatic rings. The third kappa shape index (κ3) is 4.38. The molecule has 0 aromatic rings. The second-order valence-electron chi connectivity index (χ2n) is 7.49. The molecule has 0 aromatic carbocycles. The van der Waals surface area contributed by atoms with Gasteiger partial charge in [0.1, 0.15) is 0 Å². The molecular formula is C18H34N4OS. The van der Waals surface area contributed by atoms with Gasteiger partial charge in [-0.2, -0.15) is 11.8 Å². The van der Waals surface area contributed by atoms with Crippen LogP contribution in [0, 0.1) is 5.92 Å². The van der Waals surface area contributed by atoms with Crippen LogP contribution in [0.3, 0.4) is 0 Å². The molecular weight excluding hydrogens is 320 g/mol. The Hall–Kier alpha value is -0.460. The summed E-state index contributed by atoms with van der Waals surface area (Å²) in [6.45, 7) is 12.6. The second-order valence-corrected chi connectivity index (χ2v) is 8.60. The summed E-state index contributed by atoms with van der Waals surface area (Å²) >= 11 is 2.09. The lowest BCUT2D eigenvalue weighted by atomic mass is 9.96. The van der Waals surface area contributed by atoms with Crippen LogP contribution in [0.1, 0.15) is 33.1 Å². The number of nitrogens with zero attached hydrogens (tertiary/aromatic N) is 3. The van der Waals surface area contributed by atoms with Gasteiger partial charge in [-0.15, -0.1) is 0 Å². The van der Waals surface area contributed by atoms with E-state index in [0.29, 0.717) is 0 Å². The lowest BCUT2D eigenvalue weighted by Crippen LogP contribution is -2.56. The Morgan fingerprint density at radius 2 is 2.17 bits per heavy atom. The number of likely N-dealkylation sites (tertiary alicyclic amines) is 1. The summed E-state index contributed by atoms with van der Waals surface area (Å²) < 4.78 is 5.57. The minimum Gasteiger partial charge on any atom is -0.379 e. The fourth-order valence-electron chi connectivity index (χ4n) is 4.14. The van der Waals surface area contributed by atoms with Crippen molar-refractivity contribution >= 4 is 17.7 Å². The van der Waals surface area contributed by atoms with Gasteiger partial charge in [0, 0.05) is 38.5 Å². The zero-order valence-corrected chi connectivity index (χ0v) is 16.2. The molecule has 0 radical (unpaired) electrons. The highest BCUT2D eigenvalue weighted by atomic mass is 32.2. The highest BCUT2D eigenvalue weighted by molar-refractivity contribution is 7.99. The van der Waals surface area contributed by atoms with E-state index in [1.54, 1.807) is 0 Å². The van der Waals surface area contributed by atoms with Gasteiger partial charge in [0.05, 0.1) is 25.3 Å². The maximum absolute atomic E-state index is 5.57. The predicted molar refractivity (Wildman–Crippen MR) is 103 cm³/mol. The molecule has 2 atom stereocenters. The number of hydrogen-bond donors (Lipinski definition) is 1. The van der Waals surface area contributed by atoms with E-state index in [0.717, 1.165) is 64.4 Å². The Bertz CT molecular complexity index is 419. The molecule has 3 aliphatic heterocycles. The quantitative estimate of drug-likeness (QED) is 0.617. The van der Waals surface area contributed by atoms with Crippen LogP contribution >= 0.6 is 11.8 Å². The third-order valence-electron chi connectivity index (χ3n) is 5.58. The van der Waals surface area contributed by atoms with Gasteiger partial charge in [-0.05, 0) is 37.9 Å². The minimum absolute atomic E-state index is 0.247. The normalized spacial score (nSPS) is 33.0. The molecule has 6 heteroatoms. The van der Waals surface area contributed by atoms with Crippen LogP contribution in [-0.2, 0) is 4.74 Å². The summed E-state index contributed by atoms with van der Waals surface area (Å²) in [7, 11) is 0. The number of aliphatic imine (C=N–C) groups is 1. The summed E-state index contributed by atoms with van der Waals surface area (Å²) in [5, 5.41) is 3.54. The van der Waals surface area contributed by atoms with Crippen LogP contribution in [0.2, 0.25) is 0 Å². The zero-order chi connectivity index (χ0) is 16.8. The van der Waals surface area contributed by atoms with Crippen LogP contribution in [0.25, 0.3) is 0 Å². The Morgan fingerprint density at radius 3 is 2.83 bits per heavy atom. The molecule has 1 N–H and O–H groups in total. The topological polar surface area (TPSA) is 40.1 Å². The van der Waals surface area contributed by atoms with Crippen molar-refractivity contribution in [2.24, 2.45) is 10.9 Å². The molecule has 0 saturated carbocycles. The number of ether oxygens (including phenoxy) is 1. The number of nitrogens with one attached hydrogen (secondary N) is 1. The van der Waals surface area contributed by atoms with E-state index < -0.39 is 0 Å². The summed E-state index contributed by atoms with van der Waals surface area (Å²) in [4.78, 5) is 10.3. The summed E-state index contributed by atoms with van der Waals surface area (Å²) in [5.41, 5.74) is 0.247. The number of hydrogen-bond acceptors (Lipinski definition) is 4. The molecule has 3 saturated heterocycles. The van der Waals surface area contributed by atoms with Crippen LogP contribution < -0.4 is 5.32 Å². The molecule has 0 spiro atoms. The average Bonchev–Trinajstić information content (AvgIpc) is 3.09. The van der Waals surface area contributed by atoms with Crippen molar-refractivity contribution in [2.75, 3.05) is 64.0 Å². The molecule has 138 valence electrons. The number of morpholine rings is 1. The number of thioether (sulfide) groups is 1. The van der Waals surface area contributed by atoms with E-state index in [2.05, 4.69) is 40.7 Å². The van der Waals surface area contributed by atoms with E-state index in [9.17, 15) is 0 Å². The van der Waals surface area contributed by atoms with Crippen LogP contribution in [0.4, 0.5) is 0 Å². The van der Waals surface area contributed by atoms with Crippen molar-refractivity contribution in [3.05, 3.63) is 0 Å². The zero-order valence-electron chi connectivity index (χ0n) is 15.4. The van der Waals surface area contributed by atoms with E-state index in [-0.39, 0.29) is 5.54 Å².